The third-order valence-corrected chi connectivity index (χ3v) is 12.0. The fourth-order valence-electron chi connectivity index (χ4n) is 7.43. The van der Waals surface area contributed by atoms with Gasteiger partial charge in [0.05, 0.1) is 26.4 Å². The van der Waals surface area contributed by atoms with Crippen molar-refractivity contribution in [1.29, 1.82) is 0 Å². The number of allylic oxidation sites excluding steroid dienone is 5. The molecule has 0 unspecified atom stereocenters. The molecule has 6 rings (SSSR count). The maximum absolute atomic E-state index is 14.0. The summed E-state index contributed by atoms with van der Waals surface area (Å²) in [7, 11) is -9.26. The van der Waals surface area contributed by atoms with Crippen molar-refractivity contribution < 1.29 is 50.3 Å². The number of unbranched alkanes of at least 4 members (excludes halogenated alkanes) is 2. The zero-order chi connectivity index (χ0) is 38.7. The molecule has 278 valence electrons. The van der Waals surface area contributed by atoms with Crippen LogP contribution in [0.5, 0.6) is 0 Å². The van der Waals surface area contributed by atoms with Crippen molar-refractivity contribution in [2.75, 3.05) is 11.4 Å². The number of aliphatic hydroxyl groups excluding tert-OH is 1. The predicted molar refractivity (Wildman–Crippen MR) is 196 cm³/mol. The van der Waals surface area contributed by atoms with E-state index < -0.39 is 42.8 Å². The number of carboxylic acids is 1. The van der Waals surface area contributed by atoms with Gasteiger partial charge in [0.15, 0.2) is 12.3 Å². The van der Waals surface area contributed by atoms with E-state index in [0.29, 0.717) is 66.3 Å². The van der Waals surface area contributed by atoms with Crippen molar-refractivity contribution in [3.8, 4) is 0 Å². The lowest BCUT2D eigenvalue weighted by Crippen LogP contribution is -2.32. The van der Waals surface area contributed by atoms with Crippen LogP contribution in [-0.4, -0.2) is 64.7 Å². The topological polar surface area (TPSA) is 192 Å². The van der Waals surface area contributed by atoms with Gasteiger partial charge in [-0.25, -0.2) is 8.42 Å². The van der Waals surface area contributed by atoms with Crippen LogP contribution in [0.25, 0.3) is 0 Å². The molecule has 0 fully saturated rings. The Kier molecular flexibility index (Phi) is 9.65. The Morgan fingerprint density at radius 1 is 0.868 bits per heavy atom. The van der Waals surface area contributed by atoms with Gasteiger partial charge >= 0.3 is 5.97 Å². The Morgan fingerprint density at radius 3 is 2.15 bits per heavy atom. The highest BCUT2D eigenvalue weighted by Crippen LogP contribution is 2.50. The molecular formula is C39H40N2O10S2. The molecule has 0 saturated carbocycles. The average molecular weight is 761 g/mol. The summed E-state index contributed by atoms with van der Waals surface area (Å²) >= 11 is 0. The number of ketones is 1. The molecule has 12 nitrogen and oxygen atoms in total. The van der Waals surface area contributed by atoms with Gasteiger partial charge in [0.25, 0.3) is 10.1 Å². The van der Waals surface area contributed by atoms with E-state index >= 15 is 0 Å². The summed E-state index contributed by atoms with van der Waals surface area (Å²) in [6, 6.07) is 18.0. The van der Waals surface area contributed by atoms with Crippen LogP contribution in [0.3, 0.4) is 0 Å². The van der Waals surface area contributed by atoms with Crippen molar-refractivity contribution in [3.05, 3.63) is 118 Å². The second-order valence-electron chi connectivity index (χ2n) is 14.5. The fourth-order valence-corrected chi connectivity index (χ4v) is 8.43. The lowest BCUT2D eigenvalue weighted by atomic mass is 9.77. The first-order valence-electron chi connectivity index (χ1n) is 17.1. The molecule has 3 aliphatic rings. The van der Waals surface area contributed by atoms with Gasteiger partial charge in [0.1, 0.15) is 15.9 Å². The van der Waals surface area contributed by atoms with Crippen LogP contribution in [0.15, 0.2) is 111 Å². The van der Waals surface area contributed by atoms with E-state index in [1.54, 1.807) is 24.3 Å². The number of rotatable bonds is 12. The zero-order valence-electron chi connectivity index (χ0n) is 29.7. The Bertz CT molecular complexity index is 2410. The van der Waals surface area contributed by atoms with Gasteiger partial charge in [0.2, 0.25) is 11.5 Å². The molecular weight excluding hydrogens is 721 g/mol. The van der Waals surface area contributed by atoms with Gasteiger partial charge in [-0.2, -0.15) is 13.0 Å². The van der Waals surface area contributed by atoms with Crippen LogP contribution in [0.2, 0.25) is 0 Å². The SMILES string of the molecule is CC1(C)C(=CC2=C(O)C(=CC3=[N+](Cc4ccccc4)c4ccc(S(=O)(=O)[O-])cc4C3(C)C)C2=O)N(CCCCCC(=O)O)c2ccc(S(=O)(=O)O)cc21. The van der Waals surface area contributed by atoms with Crippen molar-refractivity contribution >= 4 is 49.1 Å². The Balaban J connectivity index is 1.43. The third kappa shape index (κ3) is 6.99. The monoisotopic (exact) mass is 760 g/mol. The highest BCUT2D eigenvalue weighted by Gasteiger charge is 2.48. The number of carbonyl (C=O) groups excluding carboxylic acids is 1. The van der Waals surface area contributed by atoms with Crippen molar-refractivity contribution in [3.63, 3.8) is 0 Å². The molecule has 2 aliphatic heterocycles. The van der Waals surface area contributed by atoms with Gasteiger partial charge < -0.3 is 19.7 Å². The molecule has 53 heavy (non-hydrogen) atoms. The number of hydrogen-bond donors (Lipinski definition) is 3. The number of hydrogen-bond acceptors (Lipinski definition) is 9. The number of carboxylic acid groups (broad SMARTS) is 1. The summed E-state index contributed by atoms with van der Waals surface area (Å²) in [4.78, 5) is 26.3. The van der Waals surface area contributed by atoms with Gasteiger partial charge in [-0.3, -0.25) is 14.1 Å². The van der Waals surface area contributed by atoms with Crippen molar-refractivity contribution in [2.45, 2.75) is 80.5 Å². The molecule has 0 amide bonds. The number of anilines is 1. The van der Waals surface area contributed by atoms with E-state index in [2.05, 4.69) is 0 Å². The third-order valence-electron chi connectivity index (χ3n) is 10.3. The average Bonchev–Trinajstić information content (AvgIpc) is 3.42. The van der Waals surface area contributed by atoms with Gasteiger partial charge in [-0.1, -0.05) is 50.6 Å². The summed E-state index contributed by atoms with van der Waals surface area (Å²) in [5, 5.41) is 20.6. The maximum atomic E-state index is 14.0. The molecule has 0 bridgehead atoms. The first-order chi connectivity index (χ1) is 24.7. The number of aliphatic carboxylic acids is 1. The molecule has 1 aliphatic carbocycles. The molecule has 0 atom stereocenters. The lowest BCUT2D eigenvalue weighted by molar-refractivity contribution is -0.455. The number of fused-ring (bicyclic) bond motifs is 2. The second-order valence-corrected chi connectivity index (χ2v) is 17.3. The number of nitrogens with zero attached hydrogens (tertiary/aromatic N) is 2. The molecule has 0 saturated heterocycles. The molecule has 3 N–H and O–H groups in total. The number of Topliss-reactive ketones (excluding diaryl/α,β-unsaturated/α-hetero) is 1. The Labute approximate surface area is 308 Å². The summed E-state index contributed by atoms with van der Waals surface area (Å²) < 4.78 is 71.7. The van der Waals surface area contributed by atoms with E-state index in [0.717, 1.165) is 5.56 Å². The first-order valence-corrected chi connectivity index (χ1v) is 19.9. The molecule has 2 heterocycles. The number of benzene rings is 3. The second kappa shape index (κ2) is 13.5. The summed E-state index contributed by atoms with van der Waals surface area (Å²) in [6.45, 7) is 8.17. The van der Waals surface area contributed by atoms with Crippen LogP contribution >= 0.6 is 0 Å². The van der Waals surface area contributed by atoms with Crippen LogP contribution in [-0.2, 0) is 47.2 Å². The zero-order valence-corrected chi connectivity index (χ0v) is 31.3. The van der Waals surface area contributed by atoms with E-state index in [1.165, 1.54) is 24.3 Å². The predicted octanol–water partition coefficient (Wildman–Crippen LogP) is 6.06. The highest BCUT2D eigenvalue weighted by molar-refractivity contribution is 7.86. The minimum absolute atomic E-state index is 0.0233. The molecule has 0 radical (unpaired) electrons. The summed E-state index contributed by atoms with van der Waals surface area (Å²) in [5.74, 6) is -1.59. The van der Waals surface area contributed by atoms with E-state index in [9.17, 15) is 40.6 Å². The van der Waals surface area contributed by atoms with Crippen LogP contribution in [0.4, 0.5) is 11.4 Å². The summed E-state index contributed by atoms with van der Waals surface area (Å²) in [6.07, 6.45) is 4.87. The van der Waals surface area contributed by atoms with E-state index in [-0.39, 0.29) is 33.1 Å². The van der Waals surface area contributed by atoms with E-state index in [1.807, 2.05) is 67.5 Å². The Morgan fingerprint density at radius 2 is 1.53 bits per heavy atom. The molecule has 3 aromatic rings. The van der Waals surface area contributed by atoms with Crippen LogP contribution in [0, 0.1) is 0 Å². The quantitative estimate of drug-likeness (QED) is 0.0841. The lowest BCUT2D eigenvalue weighted by Gasteiger charge is -2.29. The fraction of sp³-hybridized carbons (Fsp3) is 0.308. The molecule has 3 aromatic carbocycles. The minimum Gasteiger partial charge on any atom is -0.744 e. The first kappa shape index (κ1) is 37.9. The Hall–Kier alpha value is -4.89. The highest BCUT2D eigenvalue weighted by atomic mass is 32.2. The van der Waals surface area contributed by atoms with E-state index in [4.69, 9.17) is 5.11 Å². The molecule has 14 heteroatoms. The van der Waals surface area contributed by atoms with Crippen LogP contribution < -0.4 is 4.90 Å². The minimum atomic E-state index is -4.75. The smallest absolute Gasteiger partial charge is 0.303 e. The number of carbonyl (C=O) groups is 2. The normalized spacial score (nSPS) is 19.2. The van der Waals surface area contributed by atoms with Gasteiger partial charge in [-0.05, 0) is 68.7 Å². The van der Waals surface area contributed by atoms with Crippen molar-refractivity contribution in [2.24, 2.45) is 0 Å². The standard InChI is InChI=1S/C39H40N2O10S2/c1-38(2)29-19-25(52(46,47)48)14-16-31(29)40(18-10-6-9-13-35(42)43)33(38)21-27-36(44)28(37(27)45)22-34-39(3,4)30-20-26(53(49,50)51)15-17-32(30)41(34)23-24-11-7-5-8-12-24/h5,7-8,11-12,14-17,19-22H,6,9-10,13,18,23H2,1-4H3,(H3-,42,43,44,45,46,47,48,49,50,51). The maximum Gasteiger partial charge on any atom is 0.303 e. The largest absolute Gasteiger partial charge is 0.744 e. The molecule has 0 aromatic heterocycles. The van der Waals surface area contributed by atoms with Crippen LogP contribution in [0.1, 0.15) is 70.1 Å². The molecule has 0 spiro atoms. The van der Waals surface area contributed by atoms with Gasteiger partial charge in [-0.15, -0.1) is 0 Å². The van der Waals surface area contributed by atoms with Crippen molar-refractivity contribution in [1.82, 2.24) is 0 Å². The number of aliphatic hydroxyl groups is 1. The summed E-state index contributed by atoms with van der Waals surface area (Å²) in [5.41, 5.74) is 2.94. The van der Waals surface area contributed by atoms with Gasteiger partial charge in [0, 0.05) is 53.0 Å².